The van der Waals surface area contributed by atoms with Crippen molar-refractivity contribution in [2.75, 3.05) is 18.0 Å². The fraction of sp³-hybridized carbons (Fsp3) is 0.733. The number of carboxylic acids is 1. The van der Waals surface area contributed by atoms with E-state index in [1.165, 1.54) is 11.3 Å². The second kappa shape index (κ2) is 12.3. The lowest BCUT2D eigenvalue weighted by atomic mass is 9.81. The van der Waals surface area contributed by atoms with Crippen LogP contribution < -0.4 is 10.2 Å². The monoisotopic (exact) mass is 528 g/mol. The van der Waals surface area contributed by atoms with Gasteiger partial charge in [-0.1, -0.05) is 18.8 Å². The smallest absolute Gasteiger partial charge is 0.348 e. The van der Waals surface area contributed by atoms with E-state index < -0.39 is 5.97 Å². The van der Waals surface area contributed by atoms with Gasteiger partial charge in [0.25, 0.3) is 0 Å². The van der Waals surface area contributed by atoms with E-state index in [4.69, 9.17) is 4.74 Å². The van der Waals surface area contributed by atoms with Gasteiger partial charge in [-0.15, -0.1) is 11.3 Å². The average molecular weight is 529 g/mol. The van der Waals surface area contributed by atoms with Crippen LogP contribution in [0, 0.1) is 29.1 Å². The van der Waals surface area contributed by atoms with E-state index in [0.29, 0.717) is 22.6 Å². The number of rotatable bonds is 6. The highest BCUT2D eigenvalue weighted by Crippen LogP contribution is 2.39. The lowest BCUT2D eigenvalue weighted by Crippen LogP contribution is -2.47. The summed E-state index contributed by atoms with van der Waals surface area (Å²) in [6, 6.07) is 1.85. The molecule has 1 aromatic rings. The Balaban J connectivity index is 1.58. The molecule has 1 amide bonds. The molecule has 1 aliphatic heterocycles. The Bertz CT molecular complexity index is 995. The molecule has 0 bridgehead atoms. The number of amides is 1. The normalized spacial score (nSPS) is 27.2. The summed E-state index contributed by atoms with van der Waals surface area (Å²) < 4.78 is 6.43. The van der Waals surface area contributed by atoms with E-state index in [0.717, 1.165) is 77.3 Å². The highest BCUT2D eigenvalue weighted by Gasteiger charge is 2.38. The zero-order valence-electron chi connectivity index (χ0n) is 23.0. The topological polar surface area (TPSA) is 78.9 Å². The summed E-state index contributed by atoms with van der Waals surface area (Å²) in [7, 11) is 0. The van der Waals surface area contributed by atoms with E-state index >= 15 is 0 Å². The molecule has 3 fully saturated rings. The standard InChI is InChI=1S/C30H44N2O4S/c1-20-5-7-21(8-6-20)28(33)32(22-9-11-23(12-10-22)36-24-14-17-31-18-15-24)26-19-25(13-16-30(2,3)4)37-27(26)29(34)35/h19-24,31H,5-12,14-15,17-18H2,1-4H3,(H,34,35)/t20-,21-,22-,23-. The van der Waals surface area contributed by atoms with Gasteiger partial charge < -0.3 is 20.1 Å². The quantitative estimate of drug-likeness (QED) is 0.437. The zero-order chi connectivity index (χ0) is 26.6. The molecule has 0 atom stereocenters. The van der Waals surface area contributed by atoms with Gasteiger partial charge in [0.1, 0.15) is 4.88 Å². The predicted octanol–water partition coefficient (Wildman–Crippen LogP) is 6.08. The first kappa shape index (κ1) is 28.1. The molecule has 6 nitrogen and oxygen atoms in total. The molecule has 37 heavy (non-hydrogen) atoms. The van der Waals surface area contributed by atoms with Crippen LogP contribution in [0.25, 0.3) is 0 Å². The molecule has 3 aliphatic rings. The molecule has 0 spiro atoms. The van der Waals surface area contributed by atoms with Crippen molar-refractivity contribution in [3.8, 4) is 11.8 Å². The summed E-state index contributed by atoms with van der Waals surface area (Å²) in [5.41, 5.74) is 0.358. The van der Waals surface area contributed by atoms with Gasteiger partial charge in [0.15, 0.2) is 0 Å². The van der Waals surface area contributed by atoms with Crippen LogP contribution in [0.2, 0.25) is 0 Å². The lowest BCUT2D eigenvalue weighted by Gasteiger charge is -2.40. The van der Waals surface area contributed by atoms with Crippen LogP contribution in [-0.2, 0) is 9.53 Å². The van der Waals surface area contributed by atoms with Crippen LogP contribution in [0.1, 0.15) is 106 Å². The Hall–Kier alpha value is -1.88. The Morgan fingerprint density at radius 3 is 2.22 bits per heavy atom. The van der Waals surface area contributed by atoms with Crippen LogP contribution in [0.3, 0.4) is 0 Å². The van der Waals surface area contributed by atoms with Crippen molar-refractivity contribution >= 4 is 28.9 Å². The van der Waals surface area contributed by atoms with Crippen molar-refractivity contribution < 1.29 is 19.4 Å². The molecular weight excluding hydrogens is 484 g/mol. The minimum absolute atomic E-state index is 0.00384. The molecule has 2 heterocycles. The summed E-state index contributed by atoms with van der Waals surface area (Å²) in [5.74, 6) is 6.13. The minimum atomic E-state index is -0.984. The maximum atomic E-state index is 14.1. The third-order valence-electron chi connectivity index (χ3n) is 8.01. The molecular formula is C30H44N2O4S. The lowest BCUT2D eigenvalue weighted by molar-refractivity contribution is -0.124. The highest BCUT2D eigenvalue weighted by molar-refractivity contribution is 7.15. The Morgan fingerprint density at radius 1 is 1.00 bits per heavy atom. The maximum absolute atomic E-state index is 14.1. The number of hydrogen-bond donors (Lipinski definition) is 2. The first-order chi connectivity index (χ1) is 17.6. The second-order valence-corrected chi connectivity index (χ2v) is 13.4. The molecule has 7 heteroatoms. The zero-order valence-corrected chi connectivity index (χ0v) is 23.8. The first-order valence-electron chi connectivity index (χ1n) is 14.2. The van der Waals surface area contributed by atoms with Crippen molar-refractivity contribution in [2.24, 2.45) is 17.3 Å². The SMILES string of the molecule is CC(C)(C)C#Cc1cc(N(C(=O)[C@H]2CC[C@H](C)CC2)[C@H]2CC[C@H](OC3CCNCC3)CC2)c(C(=O)O)s1. The van der Waals surface area contributed by atoms with Crippen LogP contribution in [-0.4, -0.2) is 48.3 Å². The molecule has 4 rings (SSSR count). The second-order valence-electron chi connectivity index (χ2n) is 12.3. The minimum Gasteiger partial charge on any atom is -0.477 e. The molecule has 204 valence electrons. The van der Waals surface area contributed by atoms with E-state index in [2.05, 4.69) is 24.1 Å². The Labute approximate surface area is 226 Å². The van der Waals surface area contributed by atoms with E-state index in [9.17, 15) is 14.7 Å². The summed E-state index contributed by atoms with van der Waals surface area (Å²) in [5, 5.41) is 13.5. The highest BCUT2D eigenvalue weighted by atomic mass is 32.1. The number of carboxylic acid groups (broad SMARTS) is 1. The van der Waals surface area contributed by atoms with Crippen molar-refractivity contribution in [1.82, 2.24) is 5.32 Å². The fourth-order valence-electron chi connectivity index (χ4n) is 5.87. The van der Waals surface area contributed by atoms with Crippen LogP contribution >= 0.6 is 11.3 Å². The van der Waals surface area contributed by atoms with Crippen LogP contribution in [0.5, 0.6) is 0 Å². The maximum Gasteiger partial charge on any atom is 0.348 e. The van der Waals surface area contributed by atoms with Gasteiger partial charge in [0.05, 0.1) is 22.8 Å². The molecule has 2 aliphatic carbocycles. The molecule has 2 N–H and O–H groups in total. The van der Waals surface area contributed by atoms with Gasteiger partial charge in [0, 0.05) is 17.4 Å². The summed E-state index contributed by atoms with van der Waals surface area (Å²) >= 11 is 1.19. The molecule has 2 saturated carbocycles. The van der Waals surface area contributed by atoms with E-state index in [1.54, 1.807) is 0 Å². The van der Waals surface area contributed by atoms with Crippen molar-refractivity contribution in [3.05, 3.63) is 15.8 Å². The van der Waals surface area contributed by atoms with Crippen LogP contribution in [0.15, 0.2) is 6.07 Å². The molecule has 1 aromatic heterocycles. The van der Waals surface area contributed by atoms with Gasteiger partial charge in [-0.3, -0.25) is 4.79 Å². The number of hydrogen-bond acceptors (Lipinski definition) is 5. The summed E-state index contributed by atoms with van der Waals surface area (Å²) in [4.78, 5) is 29.2. The third kappa shape index (κ3) is 7.59. The molecule has 0 aromatic carbocycles. The number of anilines is 1. The largest absolute Gasteiger partial charge is 0.477 e. The predicted molar refractivity (Wildman–Crippen MR) is 149 cm³/mol. The number of nitrogens with one attached hydrogen (secondary N) is 1. The third-order valence-corrected chi connectivity index (χ3v) is 9.04. The number of carbonyl (C=O) groups excluding carboxylic acids is 1. The number of carbonyl (C=O) groups is 2. The van der Waals surface area contributed by atoms with Gasteiger partial charge in [-0.25, -0.2) is 4.79 Å². The number of ether oxygens (including phenoxy) is 1. The Morgan fingerprint density at radius 2 is 1.62 bits per heavy atom. The van der Waals surface area contributed by atoms with Gasteiger partial charge in [-0.2, -0.15) is 0 Å². The number of nitrogens with zero attached hydrogens (tertiary/aromatic N) is 1. The fourth-order valence-corrected chi connectivity index (χ4v) is 6.71. The van der Waals surface area contributed by atoms with Crippen molar-refractivity contribution in [3.63, 3.8) is 0 Å². The van der Waals surface area contributed by atoms with Crippen LogP contribution in [0.4, 0.5) is 5.69 Å². The van der Waals surface area contributed by atoms with E-state index in [1.807, 2.05) is 31.7 Å². The molecule has 1 saturated heterocycles. The van der Waals surface area contributed by atoms with E-state index in [-0.39, 0.29) is 34.3 Å². The first-order valence-corrected chi connectivity index (χ1v) is 15.0. The number of piperidine rings is 1. The average Bonchev–Trinajstić information content (AvgIpc) is 3.29. The molecule has 0 radical (unpaired) electrons. The van der Waals surface area contributed by atoms with Crippen molar-refractivity contribution in [2.45, 2.75) is 110 Å². The number of aromatic carboxylic acids is 1. The molecule has 0 unspecified atom stereocenters. The van der Waals surface area contributed by atoms with Gasteiger partial charge in [0.2, 0.25) is 5.91 Å². The van der Waals surface area contributed by atoms with Gasteiger partial charge >= 0.3 is 5.97 Å². The van der Waals surface area contributed by atoms with Gasteiger partial charge in [-0.05, 0) is 110 Å². The summed E-state index contributed by atoms with van der Waals surface area (Å²) in [6.45, 7) is 10.4. The van der Waals surface area contributed by atoms with Crippen molar-refractivity contribution in [1.29, 1.82) is 0 Å². The Kier molecular flexibility index (Phi) is 9.37. The summed E-state index contributed by atoms with van der Waals surface area (Å²) in [6.07, 6.45) is 10.0. The number of thiophene rings is 1.